The van der Waals surface area contributed by atoms with Crippen molar-refractivity contribution in [2.24, 2.45) is 11.5 Å². The van der Waals surface area contributed by atoms with Gasteiger partial charge in [0.25, 0.3) is 0 Å². The molecule has 4 amide bonds. The van der Waals surface area contributed by atoms with Gasteiger partial charge in [0.1, 0.15) is 12.1 Å². The van der Waals surface area contributed by atoms with Gasteiger partial charge in [-0.2, -0.15) is 0 Å². The second-order valence-corrected chi connectivity index (χ2v) is 6.58. The molecule has 1 aliphatic rings. The third kappa shape index (κ3) is 7.73. The minimum atomic E-state index is -1.35. The molecular formula is C16H25N5O8. The van der Waals surface area contributed by atoms with Crippen LogP contribution in [0.25, 0.3) is 0 Å². The van der Waals surface area contributed by atoms with E-state index in [1.54, 1.807) is 0 Å². The van der Waals surface area contributed by atoms with Crippen LogP contribution in [0.4, 0.5) is 0 Å². The number of carboxylic acid groups (broad SMARTS) is 2. The van der Waals surface area contributed by atoms with E-state index in [0.29, 0.717) is 6.42 Å². The summed E-state index contributed by atoms with van der Waals surface area (Å²) in [5.74, 6) is -5.49. The van der Waals surface area contributed by atoms with Gasteiger partial charge in [0.15, 0.2) is 0 Å². The number of carbonyl (C=O) groups excluding carboxylic acids is 4. The van der Waals surface area contributed by atoms with Crippen LogP contribution in [0.3, 0.4) is 0 Å². The van der Waals surface area contributed by atoms with Gasteiger partial charge >= 0.3 is 11.9 Å². The van der Waals surface area contributed by atoms with Gasteiger partial charge in [-0.15, -0.1) is 0 Å². The van der Waals surface area contributed by atoms with Gasteiger partial charge in [0.05, 0.1) is 19.0 Å². The van der Waals surface area contributed by atoms with Crippen molar-refractivity contribution < 1.29 is 39.0 Å². The summed E-state index contributed by atoms with van der Waals surface area (Å²) in [6, 6.07) is -3.59. The molecule has 13 heteroatoms. The summed E-state index contributed by atoms with van der Waals surface area (Å²) in [6.07, 6.45) is -0.238. The number of nitrogens with one attached hydrogen (secondary N) is 2. The Bertz CT molecular complexity index is 682. The highest BCUT2D eigenvalue weighted by Gasteiger charge is 2.37. The molecule has 0 aromatic heterocycles. The molecule has 8 N–H and O–H groups in total. The predicted molar refractivity (Wildman–Crippen MR) is 96.0 cm³/mol. The molecule has 1 rings (SSSR count). The lowest BCUT2D eigenvalue weighted by Gasteiger charge is -2.27. The van der Waals surface area contributed by atoms with E-state index in [1.807, 2.05) is 0 Å². The zero-order valence-corrected chi connectivity index (χ0v) is 15.6. The Labute approximate surface area is 165 Å². The molecule has 0 spiro atoms. The number of nitrogens with two attached hydrogens (primary N) is 2. The van der Waals surface area contributed by atoms with Crippen LogP contribution in [0.5, 0.6) is 0 Å². The van der Waals surface area contributed by atoms with E-state index in [4.69, 9.17) is 16.6 Å². The highest BCUT2D eigenvalue weighted by atomic mass is 16.4. The molecule has 13 nitrogen and oxygen atoms in total. The van der Waals surface area contributed by atoms with Crippen molar-refractivity contribution in [2.45, 2.75) is 50.2 Å². The summed E-state index contributed by atoms with van der Waals surface area (Å²) in [4.78, 5) is 70.5. The Balaban J connectivity index is 2.72. The van der Waals surface area contributed by atoms with Crippen LogP contribution in [0.1, 0.15) is 32.1 Å². The first-order chi connectivity index (χ1) is 13.5. The van der Waals surface area contributed by atoms with E-state index >= 15 is 0 Å². The first kappa shape index (κ1) is 23.8. The maximum absolute atomic E-state index is 12.7. The average molecular weight is 415 g/mol. The van der Waals surface area contributed by atoms with Crippen LogP contribution in [0, 0.1) is 0 Å². The van der Waals surface area contributed by atoms with Crippen LogP contribution >= 0.6 is 0 Å². The van der Waals surface area contributed by atoms with Crippen LogP contribution < -0.4 is 22.1 Å². The SMILES string of the molecule is NC(=O)CCC(NC(=O)CNC(=O)C(N)CC(=O)O)C(=O)N1CCCC1C(=O)O. The van der Waals surface area contributed by atoms with Gasteiger partial charge < -0.3 is 37.2 Å². The average Bonchev–Trinajstić information content (AvgIpc) is 3.11. The van der Waals surface area contributed by atoms with E-state index in [0.717, 1.165) is 4.90 Å². The van der Waals surface area contributed by atoms with E-state index in [9.17, 15) is 33.9 Å². The standard InChI is InChI=1S/C16H25N5O8/c17-8(6-13(24)25)14(26)19-7-12(23)20-9(3-4-11(18)22)15(27)21-5-1-2-10(21)16(28)29/h8-10H,1-7,17H2,(H2,18,22)(H,19,26)(H,20,23)(H,24,25)(H,28,29). The van der Waals surface area contributed by atoms with Crippen LogP contribution in [0.15, 0.2) is 0 Å². The number of nitrogens with zero attached hydrogens (tertiary/aromatic N) is 1. The first-order valence-corrected chi connectivity index (χ1v) is 8.89. The second kappa shape index (κ2) is 10.9. The number of carboxylic acids is 2. The summed E-state index contributed by atoms with van der Waals surface area (Å²) < 4.78 is 0. The number of carbonyl (C=O) groups is 6. The summed E-state index contributed by atoms with van der Waals surface area (Å²) >= 11 is 0. The summed E-state index contributed by atoms with van der Waals surface area (Å²) in [5.41, 5.74) is 10.5. The van der Waals surface area contributed by atoms with Gasteiger partial charge in [-0.25, -0.2) is 4.79 Å². The monoisotopic (exact) mass is 415 g/mol. The summed E-state index contributed by atoms with van der Waals surface area (Å²) in [6.45, 7) is -0.394. The van der Waals surface area contributed by atoms with Gasteiger partial charge in [0.2, 0.25) is 23.6 Å². The third-order valence-corrected chi connectivity index (χ3v) is 4.29. The number of primary amides is 1. The number of aliphatic carboxylic acids is 2. The molecule has 0 aliphatic carbocycles. The Kier molecular flexibility index (Phi) is 8.99. The second-order valence-electron chi connectivity index (χ2n) is 6.58. The molecule has 1 heterocycles. The molecule has 0 saturated carbocycles. The molecule has 0 aromatic carbocycles. The Morgan fingerprint density at radius 1 is 1.14 bits per heavy atom. The minimum absolute atomic E-state index is 0.144. The Morgan fingerprint density at radius 2 is 1.79 bits per heavy atom. The fourth-order valence-electron chi connectivity index (χ4n) is 2.86. The summed E-state index contributed by atoms with van der Waals surface area (Å²) in [5, 5.41) is 22.3. The fourth-order valence-corrected chi connectivity index (χ4v) is 2.86. The first-order valence-electron chi connectivity index (χ1n) is 8.89. The maximum atomic E-state index is 12.7. The molecule has 162 valence electrons. The van der Waals surface area contributed by atoms with Crippen molar-refractivity contribution in [3.8, 4) is 0 Å². The molecule has 3 unspecified atom stereocenters. The molecule has 1 aliphatic heterocycles. The van der Waals surface area contributed by atoms with Gasteiger partial charge in [-0.05, 0) is 19.3 Å². The molecule has 0 bridgehead atoms. The fraction of sp³-hybridized carbons (Fsp3) is 0.625. The van der Waals surface area contributed by atoms with Crippen LogP contribution in [-0.2, 0) is 28.8 Å². The Hall–Kier alpha value is -3.22. The molecular weight excluding hydrogens is 390 g/mol. The highest BCUT2D eigenvalue weighted by molar-refractivity contribution is 5.93. The number of rotatable bonds is 11. The quantitative estimate of drug-likeness (QED) is 0.199. The van der Waals surface area contributed by atoms with E-state index in [1.165, 1.54) is 0 Å². The number of likely N-dealkylation sites (tertiary alicyclic amines) is 1. The zero-order chi connectivity index (χ0) is 22.1. The molecule has 0 radical (unpaired) electrons. The van der Waals surface area contributed by atoms with E-state index < -0.39 is 66.7 Å². The highest BCUT2D eigenvalue weighted by Crippen LogP contribution is 2.19. The molecule has 3 atom stereocenters. The van der Waals surface area contributed by atoms with Gasteiger partial charge in [-0.3, -0.25) is 24.0 Å². The normalized spacial score (nSPS) is 17.8. The smallest absolute Gasteiger partial charge is 0.326 e. The predicted octanol–water partition coefficient (Wildman–Crippen LogP) is -3.27. The van der Waals surface area contributed by atoms with E-state index in [2.05, 4.69) is 10.6 Å². The lowest BCUT2D eigenvalue weighted by molar-refractivity contribution is -0.149. The number of hydrogen-bond donors (Lipinski definition) is 6. The largest absolute Gasteiger partial charge is 0.481 e. The zero-order valence-electron chi connectivity index (χ0n) is 15.6. The van der Waals surface area contributed by atoms with Gasteiger partial charge in [0, 0.05) is 13.0 Å². The van der Waals surface area contributed by atoms with Crippen molar-refractivity contribution in [3.63, 3.8) is 0 Å². The van der Waals surface area contributed by atoms with Crippen molar-refractivity contribution in [2.75, 3.05) is 13.1 Å². The number of hydrogen-bond acceptors (Lipinski definition) is 7. The molecule has 1 saturated heterocycles. The third-order valence-electron chi connectivity index (χ3n) is 4.29. The van der Waals surface area contributed by atoms with Crippen molar-refractivity contribution in [1.82, 2.24) is 15.5 Å². The number of amides is 4. The summed E-state index contributed by atoms with van der Waals surface area (Å²) in [7, 11) is 0. The van der Waals surface area contributed by atoms with Crippen molar-refractivity contribution >= 4 is 35.6 Å². The van der Waals surface area contributed by atoms with Crippen LogP contribution in [-0.4, -0.2) is 81.9 Å². The lowest BCUT2D eigenvalue weighted by Crippen LogP contribution is -2.54. The minimum Gasteiger partial charge on any atom is -0.481 e. The Morgan fingerprint density at radius 3 is 2.34 bits per heavy atom. The lowest BCUT2D eigenvalue weighted by atomic mass is 10.1. The molecule has 29 heavy (non-hydrogen) atoms. The van der Waals surface area contributed by atoms with E-state index in [-0.39, 0.29) is 25.8 Å². The maximum Gasteiger partial charge on any atom is 0.326 e. The topological polar surface area (TPSA) is 222 Å². The van der Waals surface area contributed by atoms with Crippen LogP contribution in [0.2, 0.25) is 0 Å². The van der Waals surface area contributed by atoms with Gasteiger partial charge in [-0.1, -0.05) is 0 Å². The molecule has 1 fully saturated rings. The van der Waals surface area contributed by atoms with Crippen molar-refractivity contribution in [1.29, 1.82) is 0 Å². The van der Waals surface area contributed by atoms with Crippen molar-refractivity contribution in [3.05, 3.63) is 0 Å². The molecule has 0 aromatic rings.